The first kappa shape index (κ1) is 12.4. The lowest BCUT2D eigenvalue weighted by atomic mass is 9.64. The van der Waals surface area contributed by atoms with Crippen molar-refractivity contribution in [3.63, 3.8) is 0 Å². The number of esters is 1. The Morgan fingerprint density at radius 2 is 2.00 bits per heavy atom. The number of hydrogen-bond donors (Lipinski definition) is 0. The van der Waals surface area contributed by atoms with Gasteiger partial charge in [0.2, 0.25) is 0 Å². The predicted molar refractivity (Wildman–Crippen MR) is 70.2 cm³/mol. The van der Waals surface area contributed by atoms with Gasteiger partial charge >= 0.3 is 5.97 Å². The largest absolute Gasteiger partial charge is 0.461 e. The standard InChI is InChI=1S/C16H18O3/c17-15-9-12-6-7-13(15)14(8-12)16(18)19-10-11-4-2-1-3-5-11/h1-5,12-14H,6-10H2. The van der Waals surface area contributed by atoms with Crippen LogP contribution < -0.4 is 0 Å². The Bertz CT molecular complexity index is 480. The molecule has 0 heterocycles. The van der Waals surface area contributed by atoms with E-state index in [4.69, 9.17) is 4.74 Å². The highest BCUT2D eigenvalue weighted by Gasteiger charge is 2.45. The first-order valence-electron chi connectivity index (χ1n) is 6.97. The Kier molecular flexibility index (Phi) is 3.36. The smallest absolute Gasteiger partial charge is 0.310 e. The van der Waals surface area contributed by atoms with E-state index in [1.54, 1.807) is 0 Å². The van der Waals surface area contributed by atoms with Crippen LogP contribution in [0, 0.1) is 17.8 Å². The number of carbonyl (C=O) groups excluding carboxylic acids is 2. The van der Waals surface area contributed by atoms with Gasteiger partial charge in [0.15, 0.2) is 0 Å². The molecule has 1 aromatic rings. The van der Waals surface area contributed by atoms with Crippen LogP contribution in [0.25, 0.3) is 0 Å². The topological polar surface area (TPSA) is 43.4 Å². The summed E-state index contributed by atoms with van der Waals surface area (Å²) in [4.78, 5) is 24.0. The quantitative estimate of drug-likeness (QED) is 0.783. The third-order valence-corrected chi connectivity index (χ3v) is 4.39. The first-order valence-corrected chi connectivity index (χ1v) is 6.97. The minimum Gasteiger partial charge on any atom is -0.461 e. The molecule has 4 rings (SSSR count). The molecular formula is C16H18O3. The van der Waals surface area contributed by atoms with E-state index in [-0.39, 0.29) is 23.6 Å². The van der Waals surface area contributed by atoms with Gasteiger partial charge in [-0.15, -0.1) is 0 Å². The van der Waals surface area contributed by atoms with Crippen molar-refractivity contribution in [3.05, 3.63) is 35.9 Å². The maximum atomic E-state index is 12.1. The van der Waals surface area contributed by atoms with Gasteiger partial charge < -0.3 is 4.74 Å². The van der Waals surface area contributed by atoms with Crippen LogP contribution in [0.5, 0.6) is 0 Å². The van der Waals surface area contributed by atoms with Gasteiger partial charge in [-0.2, -0.15) is 0 Å². The fraction of sp³-hybridized carbons (Fsp3) is 0.500. The number of ketones is 1. The van der Waals surface area contributed by atoms with Crippen LogP contribution in [0.15, 0.2) is 30.3 Å². The number of carbonyl (C=O) groups is 2. The zero-order chi connectivity index (χ0) is 13.2. The van der Waals surface area contributed by atoms with Crippen molar-refractivity contribution in [2.24, 2.45) is 17.8 Å². The lowest BCUT2D eigenvalue weighted by Gasteiger charge is -2.39. The molecular weight excluding hydrogens is 240 g/mol. The van der Waals surface area contributed by atoms with E-state index in [2.05, 4.69) is 0 Å². The van der Waals surface area contributed by atoms with Gasteiger partial charge in [-0.3, -0.25) is 9.59 Å². The normalized spacial score (nSPS) is 29.3. The van der Waals surface area contributed by atoms with Crippen molar-refractivity contribution in [1.29, 1.82) is 0 Å². The molecule has 3 nitrogen and oxygen atoms in total. The predicted octanol–water partition coefficient (Wildman–Crippen LogP) is 2.74. The van der Waals surface area contributed by atoms with Crippen LogP contribution in [-0.2, 0) is 20.9 Å². The minimum atomic E-state index is -0.191. The number of fused-ring (bicyclic) bond motifs is 3. The van der Waals surface area contributed by atoms with Crippen molar-refractivity contribution in [2.75, 3.05) is 0 Å². The molecule has 0 spiro atoms. The Morgan fingerprint density at radius 1 is 1.21 bits per heavy atom. The Morgan fingerprint density at radius 3 is 2.68 bits per heavy atom. The van der Waals surface area contributed by atoms with Gasteiger partial charge in [0, 0.05) is 12.3 Å². The summed E-state index contributed by atoms with van der Waals surface area (Å²) in [7, 11) is 0. The number of hydrogen-bond acceptors (Lipinski definition) is 3. The number of rotatable bonds is 3. The van der Waals surface area contributed by atoms with Crippen LogP contribution >= 0.6 is 0 Å². The maximum absolute atomic E-state index is 12.1. The number of ether oxygens (including phenoxy) is 1. The second-order valence-electron chi connectivity index (χ2n) is 5.66. The second kappa shape index (κ2) is 5.16. The fourth-order valence-electron chi connectivity index (χ4n) is 3.36. The SMILES string of the molecule is O=C1CC2CCC1C(C(=O)OCc1ccccc1)C2. The summed E-state index contributed by atoms with van der Waals surface area (Å²) in [5.41, 5.74) is 0.989. The average Bonchev–Trinajstić information content (AvgIpc) is 2.46. The molecule has 19 heavy (non-hydrogen) atoms. The molecule has 3 aliphatic rings. The summed E-state index contributed by atoms with van der Waals surface area (Å²) >= 11 is 0. The fourth-order valence-corrected chi connectivity index (χ4v) is 3.36. The van der Waals surface area contributed by atoms with Gasteiger partial charge in [0.25, 0.3) is 0 Å². The third kappa shape index (κ3) is 2.55. The summed E-state index contributed by atoms with van der Waals surface area (Å²) in [5.74, 6) is 0.222. The van der Waals surface area contributed by atoms with Gasteiger partial charge in [-0.05, 0) is 30.7 Å². The van der Waals surface area contributed by atoms with Crippen LogP contribution in [0.2, 0.25) is 0 Å². The van der Waals surface area contributed by atoms with E-state index in [1.807, 2.05) is 30.3 Å². The molecule has 0 saturated heterocycles. The Balaban J connectivity index is 1.60. The molecule has 2 bridgehead atoms. The van der Waals surface area contributed by atoms with Crippen molar-refractivity contribution in [2.45, 2.75) is 32.3 Å². The summed E-state index contributed by atoms with van der Waals surface area (Å²) in [6, 6.07) is 9.66. The number of benzene rings is 1. The molecule has 0 radical (unpaired) electrons. The van der Waals surface area contributed by atoms with E-state index in [1.165, 1.54) is 0 Å². The molecule has 3 atom stereocenters. The summed E-state index contributed by atoms with van der Waals surface area (Å²) < 4.78 is 5.38. The van der Waals surface area contributed by atoms with Gasteiger partial charge in [0.05, 0.1) is 5.92 Å². The lowest BCUT2D eigenvalue weighted by Crippen LogP contribution is -2.42. The minimum absolute atomic E-state index is 0.0757. The highest BCUT2D eigenvalue weighted by Crippen LogP contribution is 2.43. The van der Waals surface area contributed by atoms with Crippen LogP contribution in [0.1, 0.15) is 31.2 Å². The Labute approximate surface area is 113 Å². The zero-order valence-corrected chi connectivity index (χ0v) is 10.9. The van der Waals surface area contributed by atoms with E-state index in [9.17, 15) is 9.59 Å². The molecule has 0 amide bonds. The van der Waals surface area contributed by atoms with Crippen LogP contribution in [0.3, 0.4) is 0 Å². The van der Waals surface area contributed by atoms with Crippen LogP contribution in [0.4, 0.5) is 0 Å². The monoisotopic (exact) mass is 258 g/mol. The van der Waals surface area contributed by atoms with Crippen molar-refractivity contribution in [3.8, 4) is 0 Å². The van der Waals surface area contributed by atoms with E-state index < -0.39 is 0 Å². The van der Waals surface area contributed by atoms with Crippen LogP contribution in [-0.4, -0.2) is 11.8 Å². The molecule has 0 N–H and O–H groups in total. The molecule has 100 valence electrons. The zero-order valence-electron chi connectivity index (χ0n) is 10.9. The third-order valence-electron chi connectivity index (χ3n) is 4.39. The van der Waals surface area contributed by atoms with Gasteiger partial charge in [0.1, 0.15) is 12.4 Å². The summed E-state index contributed by atoms with van der Waals surface area (Å²) in [6.45, 7) is 0.307. The molecule has 1 aromatic carbocycles. The molecule has 3 unspecified atom stereocenters. The van der Waals surface area contributed by atoms with E-state index in [0.29, 0.717) is 18.9 Å². The second-order valence-corrected chi connectivity index (χ2v) is 5.66. The van der Waals surface area contributed by atoms with Crippen molar-refractivity contribution in [1.82, 2.24) is 0 Å². The number of Topliss-reactive ketones (excluding diaryl/α,β-unsaturated/α-hetero) is 1. The van der Waals surface area contributed by atoms with Crippen molar-refractivity contribution < 1.29 is 14.3 Å². The Hall–Kier alpha value is -1.64. The maximum Gasteiger partial charge on any atom is 0.310 e. The van der Waals surface area contributed by atoms with Gasteiger partial charge in [-0.25, -0.2) is 0 Å². The van der Waals surface area contributed by atoms with Gasteiger partial charge in [-0.1, -0.05) is 30.3 Å². The molecule has 0 aliphatic heterocycles. The van der Waals surface area contributed by atoms with E-state index >= 15 is 0 Å². The highest BCUT2D eigenvalue weighted by atomic mass is 16.5. The molecule has 3 fully saturated rings. The molecule has 3 heteroatoms. The van der Waals surface area contributed by atoms with Crippen molar-refractivity contribution >= 4 is 11.8 Å². The van der Waals surface area contributed by atoms with E-state index in [0.717, 1.165) is 24.8 Å². The first-order chi connectivity index (χ1) is 9.24. The average molecular weight is 258 g/mol. The summed E-state index contributed by atoms with van der Waals surface area (Å²) in [6.07, 6.45) is 3.48. The highest BCUT2D eigenvalue weighted by molar-refractivity contribution is 5.89. The molecule has 3 saturated carbocycles. The molecule has 0 aromatic heterocycles. The lowest BCUT2D eigenvalue weighted by molar-refractivity contribution is -0.159. The summed E-state index contributed by atoms with van der Waals surface area (Å²) in [5, 5.41) is 0. The molecule has 3 aliphatic carbocycles.